The van der Waals surface area contributed by atoms with Gasteiger partial charge < -0.3 is 23.7 Å². The van der Waals surface area contributed by atoms with E-state index < -0.39 is 0 Å². The van der Waals surface area contributed by atoms with E-state index in [0.29, 0.717) is 35.8 Å². The molecule has 0 radical (unpaired) electrons. The summed E-state index contributed by atoms with van der Waals surface area (Å²) in [5.74, 6) is 2.84. The van der Waals surface area contributed by atoms with Crippen LogP contribution in [0.25, 0.3) is 0 Å². The zero-order valence-electron chi connectivity index (χ0n) is 17.2. The molecule has 29 heavy (non-hydrogen) atoms. The Morgan fingerprint density at radius 3 is 1.41 bits per heavy atom. The highest BCUT2D eigenvalue weighted by Crippen LogP contribution is 2.28. The summed E-state index contributed by atoms with van der Waals surface area (Å²) in [4.78, 5) is 0. The molecular formula is C24H26O5. The number of ether oxygens (including phenoxy) is 5. The second kappa shape index (κ2) is 12.0. The monoisotopic (exact) mass is 394 g/mol. The van der Waals surface area contributed by atoms with Gasteiger partial charge in [0.2, 0.25) is 0 Å². The summed E-state index contributed by atoms with van der Waals surface area (Å²) < 4.78 is 26.3. The van der Waals surface area contributed by atoms with Crippen LogP contribution in [0.2, 0.25) is 0 Å². The summed E-state index contributed by atoms with van der Waals surface area (Å²) in [7, 11) is 6.48. The number of methoxy groups -OCH3 is 4. The van der Waals surface area contributed by atoms with Crippen LogP contribution in [0, 0.1) is 0 Å². The Balaban J connectivity index is 1.83. The molecule has 0 N–H and O–H groups in total. The molecule has 0 heterocycles. The van der Waals surface area contributed by atoms with Crippen molar-refractivity contribution in [1.82, 2.24) is 0 Å². The molecule has 2 rings (SSSR count). The van der Waals surface area contributed by atoms with Gasteiger partial charge in [0, 0.05) is 0 Å². The van der Waals surface area contributed by atoms with Gasteiger partial charge in [0.1, 0.15) is 12.5 Å². The minimum Gasteiger partial charge on any atom is -0.493 e. The predicted octanol–water partition coefficient (Wildman–Crippen LogP) is 4.86. The minimum absolute atomic E-state index is 0.707. The molecule has 152 valence electrons. The first-order valence-electron chi connectivity index (χ1n) is 9.08. The molecule has 0 aliphatic rings. The Bertz CT molecular complexity index is 841. The van der Waals surface area contributed by atoms with E-state index in [9.17, 15) is 0 Å². The molecule has 5 heteroatoms. The van der Waals surface area contributed by atoms with E-state index in [-0.39, 0.29) is 0 Å². The van der Waals surface area contributed by atoms with Crippen molar-refractivity contribution in [2.75, 3.05) is 28.4 Å². The summed E-state index contributed by atoms with van der Waals surface area (Å²) in [5.41, 5.74) is 8.14. The van der Waals surface area contributed by atoms with Gasteiger partial charge in [-0.15, -0.1) is 0 Å². The molecule has 0 bridgehead atoms. The van der Waals surface area contributed by atoms with E-state index >= 15 is 0 Å². The van der Waals surface area contributed by atoms with Crippen molar-refractivity contribution in [2.45, 2.75) is 12.8 Å². The van der Waals surface area contributed by atoms with Crippen LogP contribution in [0.5, 0.6) is 23.0 Å². The van der Waals surface area contributed by atoms with Crippen LogP contribution in [0.3, 0.4) is 0 Å². The lowest BCUT2D eigenvalue weighted by atomic mass is 10.1. The number of hydrogen-bond acceptors (Lipinski definition) is 5. The highest BCUT2D eigenvalue weighted by Gasteiger charge is 2.04. The molecule has 0 amide bonds. The zero-order valence-corrected chi connectivity index (χ0v) is 17.2. The highest BCUT2D eigenvalue weighted by atomic mass is 16.5. The SMILES string of the molecule is COc1ccc(CC=C=COC=C=CCc2ccc(OC)c(OC)c2)cc1OC. The van der Waals surface area contributed by atoms with Crippen molar-refractivity contribution in [1.29, 1.82) is 0 Å². The Kier molecular flexibility index (Phi) is 9.04. The van der Waals surface area contributed by atoms with Crippen molar-refractivity contribution >= 4 is 0 Å². The molecule has 5 nitrogen and oxygen atoms in total. The van der Waals surface area contributed by atoms with Gasteiger partial charge in [0.15, 0.2) is 23.0 Å². The van der Waals surface area contributed by atoms with E-state index in [1.807, 2.05) is 48.6 Å². The lowest BCUT2D eigenvalue weighted by molar-refractivity contribution is 0.354. The van der Waals surface area contributed by atoms with Crippen molar-refractivity contribution in [3.63, 3.8) is 0 Å². The Morgan fingerprint density at radius 2 is 1.03 bits per heavy atom. The molecule has 0 atom stereocenters. The quantitative estimate of drug-likeness (QED) is 0.425. The molecule has 0 saturated carbocycles. The average molecular weight is 394 g/mol. The average Bonchev–Trinajstić information content (AvgIpc) is 2.77. The third-order valence-corrected chi connectivity index (χ3v) is 4.08. The topological polar surface area (TPSA) is 46.2 Å². The lowest BCUT2D eigenvalue weighted by Crippen LogP contribution is -1.91. The predicted molar refractivity (Wildman–Crippen MR) is 113 cm³/mol. The minimum atomic E-state index is 0.707. The molecule has 0 aromatic heterocycles. The van der Waals surface area contributed by atoms with Crippen LogP contribution in [-0.4, -0.2) is 28.4 Å². The molecule has 2 aromatic rings. The summed E-state index contributed by atoms with van der Waals surface area (Å²) in [6.45, 7) is 0. The standard InChI is InChI=1S/C24H26O5/c1-25-21-13-11-19(17-23(21)27-3)9-5-7-15-29-16-8-6-10-20-12-14-22(26-2)24(18-20)28-4/h5-6,11-18H,9-10H2,1-4H3. The van der Waals surface area contributed by atoms with Crippen LogP contribution >= 0.6 is 0 Å². The van der Waals surface area contributed by atoms with Crippen LogP contribution in [0.4, 0.5) is 0 Å². The van der Waals surface area contributed by atoms with Gasteiger partial charge >= 0.3 is 0 Å². The summed E-state index contributed by atoms with van der Waals surface area (Å²) in [6.07, 6.45) is 8.14. The molecule has 0 aliphatic carbocycles. The van der Waals surface area contributed by atoms with Crippen LogP contribution < -0.4 is 18.9 Å². The zero-order chi connectivity index (χ0) is 20.9. The molecule has 0 aliphatic heterocycles. The molecular weight excluding hydrogens is 368 g/mol. The highest BCUT2D eigenvalue weighted by molar-refractivity contribution is 5.44. The van der Waals surface area contributed by atoms with Crippen LogP contribution in [0.15, 0.2) is 72.5 Å². The molecule has 0 saturated heterocycles. The van der Waals surface area contributed by atoms with Gasteiger partial charge in [-0.1, -0.05) is 23.6 Å². The smallest absolute Gasteiger partial charge is 0.160 e. The van der Waals surface area contributed by atoms with E-state index in [1.165, 1.54) is 12.5 Å². The summed E-state index contributed by atoms with van der Waals surface area (Å²) >= 11 is 0. The van der Waals surface area contributed by atoms with Gasteiger partial charge in [-0.25, -0.2) is 0 Å². The maximum Gasteiger partial charge on any atom is 0.160 e. The van der Waals surface area contributed by atoms with Crippen molar-refractivity contribution in [3.05, 3.63) is 83.7 Å². The maximum atomic E-state index is 5.29. The number of rotatable bonds is 10. The maximum absolute atomic E-state index is 5.29. The Labute approximate surface area is 172 Å². The van der Waals surface area contributed by atoms with Crippen molar-refractivity contribution in [2.24, 2.45) is 0 Å². The van der Waals surface area contributed by atoms with Gasteiger partial charge in [-0.05, 0) is 60.4 Å². The lowest BCUT2D eigenvalue weighted by Gasteiger charge is -2.08. The fourth-order valence-electron chi connectivity index (χ4n) is 2.58. The van der Waals surface area contributed by atoms with E-state index in [1.54, 1.807) is 28.4 Å². The van der Waals surface area contributed by atoms with E-state index in [0.717, 1.165) is 11.1 Å². The van der Waals surface area contributed by atoms with E-state index in [2.05, 4.69) is 11.5 Å². The van der Waals surface area contributed by atoms with Gasteiger partial charge in [0.25, 0.3) is 0 Å². The van der Waals surface area contributed by atoms with E-state index in [4.69, 9.17) is 23.7 Å². The normalized spacial score (nSPS) is 9.38. The Morgan fingerprint density at radius 1 is 0.621 bits per heavy atom. The van der Waals surface area contributed by atoms with Gasteiger partial charge in [-0.2, -0.15) is 0 Å². The second-order valence-corrected chi connectivity index (χ2v) is 5.90. The fraction of sp³-hybridized carbons (Fsp3) is 0.250. The second-order valence-electron chi connectivity index (χ2n) is 5.90. The Hall–Kier alpha value is -3.52. The van der Waals surface area contributed by atoms with Gasteiger partial charge in [0.05, 0.1) is 28.4 Å². The first-order valence-corrected chi connectivity index (χ1v) is 9.08. The largest absolute Gasteiger partial charge is 0.493 e. The molecule has 0 fully saturated rings. The number of benzene rings is 2. The van der Waals surface area contributed by atoms with Gasteiger partial charge in [-0.3, -0.25) is 0 Å². The van der Waals surface area contributed by atoms with Crippen molar-refractivity contribution in [3.8, 4) is 23.0 Å². The molecule has 2 aromatic carbocycles. The molecule has 0 spiro atoms. The number of hydrogen-bond donors (Lipinski definition) is 0. The van der Waals surface area contributed by atoms with Crippen LogP contribution in [-0.2, 0) is 17.6 Å². The third-order valence-electron chi connectivity index (χ3n) is 4.08. The fourth-order valence-corrected chi connectivity index (χ4v) is 2.58. The third kappa shape index (κ3) is 6.86. The summed E-state index contributed by atoms with van der Waals surface area (Å²) in [6, 6.07) is 11.6. The van der Waals surface area contributed by atoms with Crippen LogP contribution in [0.1, 0.15) is 11.1 Å². The summed E-state index contributed by atoms with van der Waals surface area (Å²) in [5, 5.41) is 0. The molecule has 0 unspecified atom stereocenters. The first-order chi connectivity index (χ1) is 14.2. The van der Waals surface area contributed by atoms with Crippen molar-refractivity contribution < 1.29 is 23.7 Å². The first kappa shape index (κ1) is 21.8. The number of allylic oxidation sites excluding steroid dienone is 2.